The van der Waals surface area contributed by atoms with Gasteiger partial charge in [0.15, 0.2) is 5.82 Å². The number of rotatable bonds is 5. The van der Waals surface area contributed by atoms with E-state index in [1.165, 1.54) is 11.0 Å². The predicted molar refractivity (Wildman–Crippen MR) is 79.9 cm³/mol. The molecule has 0 unspecified atom stereocenters. The van der Waals surface area contributed by atoms with E-state index in [4.69, 9.17) is 22.7 Å². The Bertz CT molecular complexity index is 511. The van der Waals surface area contributed by atoms with Gasteiger partial charge >= 0.3 is 5.97 Å². The zero-order chi connectivity index (χ0) is 14.6. The largest absolute Gasteiger partial charge is 0.465 e. The van der Waals surface area contributed by atoms with Gasteiger partial charge in [-0.05, 0) is 35.0 Å². The lowest BCUT2D eigenvalue weighted by Gasteiger charge is -2.20. The van der Waals surface area contributed by atoms with E-state index in [0.29, 0.717) is 12.2 Å². The summed E-state index contributed by atoms with van der Waals surface area (Å²) >= 11 is 7.93. The van der Waals surface area contributed by atoms with Gasteiger partial charge in [0.25, 0.3) is 0 Å². The van der Waals surface area contributed by atoms with Gasteiger partial charge in [0, 0.05) is 12.6 Å². The highest BCUT2D eigenvalue weighted by Crippen LogP contribution is 2.28. The Morgan fingerprint density at radius 3 is 2.74 bits per heavy atom. The zero-order valence-corrected chi connectivity index (χ0v) is 13.0. The number of nitrogens with two attached hydrogens (primary N) is 1. The number of benzene rings is 1. The first-order chi connectivity index (χ1) is 8.88. The average molecular weight is 349 g/mol. The Morgan fingerprint density at radius 2 is 2.21 bits per heavy atom. The lowest BCUT2D eigenvalue weighted by atomic mass is 10.2. The van der Waals surface area contributed by atoms with Gasteiger partial charge in [-0.15, -0.1) is 0 Å². The summed E-state index contributed by atoms with van der Waals surface area (Å²) in [4.78, 5) is 12.9. The molecule has 0 bridgehead atoms. The molecule has 1 aromatic rings. The van der Waals surface area contributed by atoms with Crippen molar-refractivity contribution >= 4 is 44.8 Å². The predicted octanol–water partition coefficient (Wildman–Crippen LogP) is 2.22. The second-order valence-corrected chi connectivity index (χ2v) is 5.02. The molecule has 0 aromatic heterocycles. The normalized spacial score (nSPS) is 10.1. The van der Waals surface area contributed by atoms with E-state index in [9.17, 15) is 9.18 Å². The number of likely N-dealkylation sites (N-methyl/N-ethyl adjacent to an activating group) is 1. The van der Waals surface area contributed by atoms with Crippen LogP contribution in [0.2, 0.25) is 0 Å². The molecule has 0 atom stereocenters. The van der Waals surface area contributed by atoms with Crippen LogP contribution in [0.25, 0.3) is 0 Å². The summed E-state index contributed by atoms with van der Waals surface area (Å²) < 4.78 is 19.2. The number of esters is 1. The molecule has 19 heavy (non-hydrogen) atoms. The van der Waals surface area contributed by atoms with Crippen molar-refractivity contribution in [3.05, 3.63) is 28.0 Å². The minimum atomic E-state index is -0.517. The summed E-state index contributed by atoms with van der Waals surface area (Å²) in [5, 5.41) is 0. The maximum Gasteiger partial charge on any atom is 0.325 e. The molecule has 0 radical (unpaired) electrons. The van der Waals surface area contributed by atoms with Crippen molar-refractivity contribution in [3.8, 4) is 0 Å². The minimum absolute atomic E-state index is 0.0381. The van der Waals surface area contributed by atoms with Gasteiger partial charge in [-0.25, -0.2) is 4.39 Å². The first-order valence-electron chi connectivity index (χ1n) is 5.53. The van der Waals surface area contributed by atoms with Crippen molar-refractivity contribution in [2.24, 2.45) is 5.73 Å². The molecule has 104 valence electrons. The average Bonchev–Trinajstić information content (AvgIpc) is 2.32. The number of halogens is 2. The lowest BCUT2D eigenvalue weighted by Crippen LogP contribution is -2.28. The molecule has 4 nitrogen and oxygen atoms in total. The summed E-state index contributed by atoms with van der Waals surface area (Å²) in [6.07, 6.45) is 0. The van der Waals surface area contributed by atoms with Gasteiger partial charge in [0.05, 0.1) is 16.8 Å². The number of nitrogens with zero attached hydrogens (tertiary/aromatic N) is 1. The molecule has 1 aromatic carbocycles. The van der Waals surface area contributed by atoms with Crippen LogP contribution in [0, 0.1) is 5.82 Å². The summed E-state index contributed by atoms with van der Waals surface area (Å²) in [6, 6.07) is 3.13. The van der Waals surface area contributed by atoms with Gasteiger partial charge in [0.2, 0.25) is 0 Å². The number of carbonyl (C=O) groups excluding carboxylic acids is 1. The van der Waals surface area contributed by atoms with Crippen LogP contribution in [-0.4, -0.2) is 31.2 Å². The van der Waals surface area contributed by atoms with Gasteiger partial charge in [0.1, 0.15) is 11.5 Å². The molecule has 2 N–H and O–H groups in total. The Hall–Kier alpha value is -1.21. The molecule has 0 amide bonds. The second kappa shape index (κ2) is 6.81. The lowest BCUT2D eigenvalue weighted by molar-refractivity contribution is -0.141. The fourth-order valence-corrected chi connectivity index (χ4v) is 2.36. The summed E-state index contributed by atoms with van der Waals surface area (Å²) in [6.45, 7) is 1.97. The van der Waals surface area contributed by atoms with Crippen molar-refractivity contribution in [2.75, 3.05) is 25.1 Å². The maximum atomic E-state index is 14.2. The van der Waals surface area contributed by atoms with Gasteiger partial charge in [-0.3, -0.25) is 4.79 Å². The standard InChI is InChI=1S/C12H14BrFN2O2S/c1-3-18-9(17)6-16(2)8-5-4-7(12(15)19)10(13)11(8)14/h4-5H,3,6H2,1-2H3,(H2,15,19). The molecule has 0 saturated carbocycles. The third-order valence-electron chi connectivity index (χ3n) is 2.41. The molecule has 0 aliphatic rings. The van der Waals surface area contributed by atoms with E-state index in [-0.39, 0.29) is 21.7 Å². The fourth-order valence-electron chi connectivity index (χ4n) is 1.51. The molecular weight excluding hydrogens is 335 g/mol. The maximum absolute atomic E-state index is 14.2. The SMILES string of the molecule is CCOC(=O)CN(C)c1ccc(C(N)=S)c(Br)c1F. The van der Waals surface area contributed by atoms with E-state index in [2.05, 4.69) is 15.9 Å². The van der Waals surface area contributed by atoms with Crippen LogP contribution in [0.3, 0.4) is 0 Å². The van der Waals surface area contributed by atoms with E-state index in [1.807, 2.05) is 0 Å². The van der Waals surface area contributed by atoms with E-state index in [0.717, 1.165) is 0 Å². The van der Waals surface area contributed by atoms with Crippen LogP contribution in [-0.2, 0) is 9.53 Å². The first kappa shape index (κ1) is 15.8. The quantitative estimate of drug-likeness (QED) is 0.653. The molecule has 1 rings (SSSR count). The summed E-state index contributed by atoms with van der Waals surface area (Å²) in [5.74, 6) is -0.934. The zero-order valence-electron chi connectivity index (χ0n) is 10.6. The first-order valence-corrected chi connectivity index (χ1v) is 6.73. The van der Waals surface area contributed by atoms with Crippen LogP contribution in [0.5, 0.6) is 0 Å². The van der Waals surface area contributed by atoms with Crippen LogP contribution in [0.15, 0.2) is 16.6 Å². The number of thiocarbonyl (C=S) groups is 1. The molecule has 0 heterocycles. The van der Waals surface area contributed by atoms with Crippen LogP contribution in [0.1, 0.15) is 12.5 Å². The molecule has 0 fully saturated rings. The Balaban J connectivity index is 2.99. The fraction of sp³-hybridized carbons (Fsp3) is 0.333. The Labute approximate surface area is 124 Å². The van der Waals surface area contributed by atoms with Gasteiger partial charge in [-0.2, -0.15) is 0 Å². The number of hydrogen-bond acceptors (Lipinski definition) is 4. The third kappa shape index (κ3) is 3.87. The van der Waals surface area contributed by atoms with Crippen molar-refractivity contribution in [2.45, 2.75) is 6.92 Å². The highest BCUT2D eigenvalue weighted by atomic mass is 79.9. The van der Waals surface area contributed by atoms with Gasteiger partial charge < -0.3 is 15.4 Å². The van der Waals surface area contributed by atoms with Crippen molar-refractivity contribution in [1.82, 2.24) is 0 Å². The van der Waals surface area contributed by atoms with Crippen LogP contribution in [0.4, 0.5) is 10.1 Å². The van der Waals surface area contributed by atoms with Gasteiger partial charge in [-0.1, -0.05) is 12.2 Å². The highest BCUT2D eigenvalue weighted by molar-refractivity contribution is 9.10. The molecule has 0 aliphatic heterocycles. The monoisotopic (exact) mass is 348 g/mol. The smallest absolute Gasteiger partial charge is 0.325 e. The number of carbonyl (C=O) groups is 1. The molecule has 0 aliphatic carbocycles. The van der Waals surface area contributed by atoms with E-state index < -0.39 is 11.8 Å². The highest BCUT2D eigenvalue weighted by Gasteiger charge is 2.17. The molecule has 0 saturated heterocycles. The van der Waals surface area contributed by atoms with Crippen LogP contribution >= 0.6 is 28.1 Å². The minimum Gasteiger partial charge on any atom is -0.465 e. The topological polar surface area (TPSA) is 55.6 Å². The van der Waals surface area contributed by atoms with Crippen LogP contribution < -0.4 is 10.6 Å². The van der Waals surface area contributed by atoms with E-state index >= 15 is 0 Å². The molecular formula is C12H14BrFN2O2S. The van der Waals surface area contributed by atoms with E-state index in [1.54, 1.807) is 20.0 Å². The number of anilines is 1. The number of ether oxygens (including phenoxy) is 1. The Morgan fingerprint density at radius 1 is 1.58 bits per heavy atom. The van der Waals surface area contributed by atoms with Crippen molar-refractivity contribution in [1.29, 1.82) is 0 Å². The second-order valence-electron chi connectivity index (χ2n) is 3.79. The number of hydrogen-bond donors (Lipinski definition) is 1. The van der Waals surface area contributed by atoms with Crippen molar-refractivity contribution < 1.29 is 13.9 Å². The molecule has 0 spiro atoms. The molecule has 7 heteroatoms. The summed E-state index contributed by atoms with van der Waals surface area (Å²) in [5.41, 5.74) is 6.16. The van der Waals surface area contributed by atoms with Crippen molar-refractivity contribution in [3.63, 3.8) is 0 Å². The summed E-state index contributed by atoms with van der Waals surface area (Å²) in [7, 11) is 1.60. The third-order valence-corrected chi connectivity index (χ3v) is 3.41. The Kier molecular flexibility index (Phi) is 5.68.